The molecule has 1 aromatic heterocycles. The molecule has 2 aromatic carbocycles. The topological polar surface area (TPSA) is 51.3 Å². The first kappa shape index (κ1) is 12.7. The Morgan fingerprint density at radius 2 is 2.00 bits per heavy atom. The van der Waals surface area contributed by atoms with E-state index in [2.05, 4.69) is 4.98 Å². The number of aromatic nitrogens is 1. The fourth-order valence-corrected chi connectivity index (χ4v) is 2.70. The smallest absolute Gasteiger partial charge is 0.232 e. The molecule has 1 aliphatic rings. The maximum atomic E-state index is 12.5. The van der Waals surface area contributed by atoms with Gasteiger partial charge in [-0.2, -0.15) is 0 Å². The number of hydrogen-bond donors (Lipinski definition) is 1. The van der Waals surface area contributed by atoms with E-state index in [0.29, 0.717) is 22.8 Å². The lowest BCUT2D eigenvalue weighted by Gasteiger charge is -2.04. The molecular weight excluding hydrogens is 278 g/mol. The molecule has 108 valence electrons. The number of nitrogens with one attached hydrogen (secondary N) is 1. The van der Waals surface area contributed by atoms with E-state index in [1.165, 1.54) is 0 Å². The van der Waals surface area contributed by atoms with Crippen LogP contribution in [0.1, 0.15) is 15.9 Å². The van der Waals surface area contributed by atoms with Gasteiger partial charge in [0.25, 0.3) is 0 Å². The molecule has 1 N–H and O–H groups in total. The van der Waals surface area contributed by atoms with Gasteiger partial charge in [0.2, 0.25) is 5.78 Å². The number of fused-ring (bicyclic) bond motifs is 2. The Labute approximate surface area is 127 Å². The van der Waals surface area contributed by atoms with Crippen LogP contribution in [0, 0.1) is 0 Å². The van der Waals surface area contributed by atoms with Gasteiger partial charge in [0.15, 0.2) is 17.3 Å². The van der Waals surface area contributed by atoms with Gasteiger partial charge in [0, 0.05) is 22.7 Å². The van der Waals surface area contributed by atoms with E-state index in [1.54, 1.807) is 31.4 Å². The minimum Gasteiger partial charge on any atom is -0.493 e. The minimum absolute atomic E-state index is 0.126. The van der Waals surface area contributed by atoms with Gasteiger partial charge < -0.3 is 14.5 Å². The van der Waals surface area contributed by atoms with Crippen LogP contribution in [0.5, 0.6) is 11.5 Å². The molecule has 0 radical (unpaired) electrons. The van der Waals surface area contributed by atoms with Crippen molar-refractivity contribution < 1.29 is 14.3 Å². The number of hydrogen-bond acceptors (Lipinski definition) is 3. The van der Waals surface area contributed by atoms with Crippen LogP contribution in [0.4, 0.5) is 0 Å². The predicted molar refractivity (Wildman–Crippen MR) is 84.2 cm³/mol. The van der Waals surface area contributed by atoms with Crippen molar-refractivity contribution in [1.82, 2.24) is 4.98 Å². The van der Waals surface area contributed by atoms with Gasteiger partial charge in [-0.25, -0.2) is 0 Å². The normalized spacial score (nSPS) is 15.1. The maximum absolute atomic E-state index is 12.5. The van der Waals surface area contributed by atoms with Crippen molar-refractivity contribution in [3.8, 4) is 11.5 Å². The lowest BCUT2D eigenvalue weighted by Crippen LogP contribution is -1.97. The number of ether oxygens (including phenoxy) is 2. The lowest BCUT2D eigenvalue weighted by atomic mass is 10.1. The standard InChI is InChI=1S/C18H13NO3/c1-21-15-8-4-6-13-17(20)16(22-18(13)15)9-11-10-19-14-7-3-2-5-12(11)14/h2-10,19H,1H3/b16-9-. The summed E-state index contributed by atoms with van der Waals surface area (Å²) in [6, 6.07) is 13.2. The molecule has 0 amide bonds. The molecule has 2 heterocycles. The van der Waals surface area contributed by atoms with Gasteiger partial charge in [-0.05, 0) is 24.3 Å². The van der Waals surface area contributed by atoms with Crippen molar-refractivity contribution in [3.63, 3.8) is 0 Å². The number of carbonyl (C=O) groups is 1. The van der Waals surface area contributed by atoms with Gasteiger partial charge in [-0.1, -0.05) is 24.3 Å². The van der Waals surface area contributed by atoms with Crippen molar-refractivity contribution in [3.05, 3.63) is 65.5 Å². The third kappa shape index (κ3) is 1.81. The van der Waals surface area contributed by atoms with Crippen LogP contribution in [0.15, 0.2) is 54.4 Å². The molecular formula is C18H13NO3. The Balaban J connectivity index is 1.80. The Morgan fingerprint density at radius 3 is 2.86 bits per heavy atom. The zero-order chi connectivity index (χ0) is 15.1. The molecule has 0 unspecified atom stereocenters. The summed E-state index contributed by atoms with van der Waals surface area (Å²) in [4.78, 5) is 15.7. The van der Waals surface area contributed by atoms with Gasteiger partial charge in [0.05, 0.1) is 12.7 Å². The number of para-hydroxylation sites is 2. The molecule has 0 atom stereocenters. The first-order valence-electron chi connectivity index (χ1n) is 6.95. The van der Waals surface area contributed by atoms with Crippen LogP contribution >= 0.6 is 0 Å². The monoisotopic (exact) mass is 291 g/mol. The fraction of sp³-hybridized carbons (Fsp3) is 0.0556. The summed E-state index contributed by atoms with van der Waals surface area (Å²) in [6.45, 7) is 0. The summed E-state index contributed by atoms with van der Waals surface area (Å²) in [5, 5.41) is 1.05. The molecule has 0 saturated carbocycles. The van der Waals surface area contributed by atoms with E-state index in [4.69, 9.17) is 9.47 Å². The van der Waals surface area contributed by atoms with Gasteiger partial charge in [-0.3, -0.25) is 4.79 Å². The van der Waals surface area contributed by atoms with Crippen LogP contribution in [-0.2, 0) is 0 Å². The number of aromatic amines is 1. The summed E-state index contributed by atoms with van der Waals surface area (Å²) in [5.74, 6) is 1.23. The number of H-pyrrole nitrogens is 1. The van der Waals surface area contributed by atoms with Gasteiger partial charge >= 0.3 is 0 Å². The second-order valence-electron chi connectivity index (χ2n) is 5.07. The highest BCUT2D eigenvalue weighted by atomic mass is 16.5. The Kier molecular flexibility index (Phi) is 2.76. The molecule has 0 aliphatic carbocycles. The maximum Gasteiger partial charge on any atom is 0.232 e. The van der Waals surface area contributed by atoms with Crippen molar-refractivity contribution >= 4 is 22.8 Å². The molecule has 0 saturated heterocycles. The second kappa shape index (κ2) is 4.77. The summed E-state index contributed by atoms with van der Waals surface area (Å²) in [6.07, 6.45) is 3.63. The molecule has 3 aromatic rings. The average Bonchev–Trinajstić information content (AvgIpc) is 3.10. The van der Waals surface area contributed by atoms with Crippen LogP contribution in [0.25, 0.3) is 17.0 Å². The molecule has 0 spiro atoms. The zero-order valence-electron chi connectivity index (χ0n) is 11.9. The lowest BCUT2D eigenvalue weighted by molar-refractivity contribution is 0.101. The quantitative estimate of drug-likeness (QED) is 0.731. The molecule has 4 rings (SSSR count). The average molecular weight is 291 g/mol. The van der Waals surface area contributed by atoms with Gasteiger partial charge in [0.1, 0.15) is 0 Å². The Morgan fingerprint density at radius 1 is 1.14 bits per heavy atom. The van der Waals surface area contributed by atoms with Crippen LogP contribution in [0.3, 0.4) is 0 Å². The van der Waals surface area contributed by atoms with Crippen LogP contribution < -0.4 is 9.47 Å². The van der Waals surface area contributed by atoms with Gasteiger partial charge in [-0.15, -0.1) is 0 Å². The highest BCUT2D eigenvalue weighted by Crippen LogP contribution is 2.39. The van der Waals surface area contributed by atoms with E-state index in [9.17, 15) is 4.79 Å². The van der Waals surface area contributed by atoms with Crippen molar-refractivity contribution in [1.29, 1.82) is 0 Å². The van der Waals surface area contributed by atoms with E-state index in [-0.39, 0.29) is 5.78 Å². The van der Waals surface area contributed by atoms with Crippen molar-refractivity contribution in [2.75, 3.05) is 7.11 Å². The van der Waals surface area contributed by atoms with E-state index < -0.39 is 0 Å². The van der Waals surface area contributed by atoms with Crippen molar-refractivity contribution in [2.45, 2.75) is 0 Å². The largest absolute Gasteiger partial charge is 0.493 e. The molecule has 1 aliphatic heterocycles. The molecule has 4 heteroatoms. The predicted octanol–water partition coefficient (Wildman–Crippen LogP) is 3.79. The summed E-state index contributed by atoms with van der Waals surface area (Å²) >= 11 is 0. The summed E-state index contributed by atoms with van der Waals surface area (Å²) in [5.41, 5.74) is 2.48. The van der Waals surface area contributed by atoms with E-state index >= 15 is 0 Å². The minimum atomic E-state index is -0.126. The third-order valence-corrected chi connectivity index (χ3v) is 3.79. The van der Waals surface area contributed by atoms with E-state index in [0.717, 1.165) is 16.5 Å². The number of benzene rings is 2. The number of methoxy groups -OCH3 is 1. The van der Waals surface area contributed by atoms with Crippen LogP contribution in [-0.4, -0.2) is 17.9 Å². The zero-order valence-corrected chi connectivity index (χ0v) is 11.9. The highest BCUT2D eigenvalue weighted by Gasteiger charge is 2.30. The Bertz CT molecular complexity index is 921. The number of carbonyl (C=O) groups excluding carboxylic acids is 1. The number of rotatable bonds is 2. The molecule has 0 fully saturated rings. The second-order valence-corrected chi connectivity index (χ2v) is 5.07. The van der Waals surface area contributed by atoms with Crippen LogP contribution in [0.2, 0.25) is 0 Å². The molecule has 22 heavy (non-hydrogen) atoms. The number of ketones is 1. The first-order valence-corrected chi connectivity index (χ1v) is 6.95. The van der Waals surface area contributed by atoms with E-state index in [1.807, 2.05) is 30.5 Å². The summed E-state index contributed by atoms with van der Waals surface area (Å²) in [7, 11) is 1.56. The fourth-order valence-electron chi connectivity index (χ4n) is 2.70. The number of Topliss-reactive ketones (excluding diaryl/α,β-unsaturated/α-hetero) is 1. The molecule has 0 bridgehead atoms. The Hall–Kier alpha value is -3.01. The SMILES string of the molecule is COc1cccc2c1O/C(=C\c1c[nH]c3ccccc13)C2=O. The first-order chi connectivity index (χ1) is 10.8. The number of allylic oxidation sites excluding steroid dienone is 1. The highest BCUT2D eigenvalue weighted by molar-refractivity contribution is 6.15. The van der Waals surface area contributed by atoms with Crippen molar-refractivity contribution in [2.24, 2.45) is 0 Å². The summed E-state index contributed by atoms with van der Waals surface area (Å²) < 4.78 is 11.0. The molecule has 4 nitrogen and oxygen atoms in total. The third-order valence-electron chi connectivity index (χ3n) is 3.79.